The highest BCUT2D eigenvalue weighted by atomic mass is 79.9. The molecular formula is C15H11BrN2O. The second-order valence-corrected chi connectivity index (χ2v) is 4.93. The van der Waals surface area contributed by atoms with Crippen LogP contribution in [0.15, 0.2) is 51.9 Å². The van der Waals surface area contributed by atoms with Crippen molar-refractivity contribution in [2.24, 2.45) is 4.99 Å². The number of phenols is 1. The van der Waals surface area contributed by atoms with E-state index in [1.54, 1.807) is 36.4 Å². The van der Waals surface area contributed by atoms with Crippen LogP contribution < -0.4 is 0 Å². The molecule has 0 radical (unpaired) electrons. The topological polar surface area (TPSA) is 56.4 Å². The fourth-order valence-corrected chi connectivity index (χ4v) is 2.02. The minimum absolute atomic E-state index is 0.193. The monoisotopic (exact) mass is 314 g/mol. The summed E-state index contributed by atoms with van der Waals surface area (Å²) >= 11 is 3.37. The van der Waals surface area contributed by atoms with Crippen LogP contribution in [-0.4, -0.2) is 10.8 Å². The van der Waals surface area contributed by atoms with Gasteiger partial charge in [-0.1, -0.05) is 15.9 Å². The van der Waals surface area contributed by atoms with Gasteiger partial charge < -0.3 is 5.11 Å². The van der Waals surface area contributed by atoms with E-state index in [1.807, 2.05) is 13.0 Å². The van der Waals surface area contributed by atoms with Gasteiger partial charge in [-0.2, -0.15) is 5.26 Å². The zero-order valence-corrected chi connectivity index (χ0v) is 11.8. The Balaban J connectivity index is 2.37. The van der Waals surface area contributed by atoms with E-state index in [9.17, 15) is 5.11 Å². The molecule has 94 valence electrons. The Kier molecular flexibility index (Phi) is 3.98. The van der Waals surface area contributed by atoms with Crippen LogP contribution >= 0.6 is 15.9 Å². The van der Waals surface area contributed by atoms with Crippen LogP contribution in [0.2, 0.25) is 0 Å². The molecule has 0 fully saturated rings. The predicted molar refractivity (Wildman–Crippen MR) is 78.8 cm³/mol. The van der Waals surface area contributed by atoms with Gasteiger partial charge >= 0.3 is 0 Å². The molecule has 1 N–H and O–H groups in total. The Hall–Kier alpha value is -2.12. The first-order valence-corrected chi connectivity index (χ1v) is 6.44. The number of hydrogen-bond acceptors (Lipinski definition) is 3. The van der Waals surface area contributed by atoms with E-state index in [2.05, 4.69) is 27.0 Å². The lowest BCUT2D eigenvalue weighted by atomic mass is 10.1. The first-order chi connectivity index (χ1) is 9.10. The van der Waals surface area contributed by atoms with Crippen molar-refractivity contribution in [3.05, 3.63) is 58.1 Å². The average molecular weight is 315 g/mol. The molecule has 2 aromatic carbocycles. The van der Waals surface area contributed by atoms with Crippen molar-refractivity contribution in [1.82, 2.24) is 0 Å². The predicted octanol–water partition coefficient (Wildman–Crippen LogP) is 4.17. The maximum absolute atomic E-state index is 9.82. The molecule has 0 saturated carbocycles. The summed E-state index contributed by atoms with van der Waals surface area (Å²) in [7, 11) is 0. The Morgan fingerprint density at radius 3 is 2.53 bits per heavy atom. The number of nitrogens with zero attached hydrogens (tertiary/aromatic N) is 2. The summed E-state index contributed by atoms with van der Waals surface area (Å²) in [5, 5.41) is 18.6. The Bertz CT molecular complexity index is 670. The van der Waals surface area contributed by atoms with Gasteiger partial charge in [-0.15, -0.1) is 0 Å². The minimum Gasteiger partial charge on any atom is -0.507 e. The smallest absolute Gasteiger partial charge is 0.124 e. The van der Waals surface area contributed by atoms with Gasteiger partial charge in [-0.05, 0) is 49.4 Å². The number of halogens is 1. The molecule has 0 bridgehead atoms. The molecule has 0 saturated heterocycles. The van der Waals surface area contributed by atoms with Crippen molar-refractivity contribution in [3.8, 4) is 11.8 Å². The zero-order chi connectivity index (χ0) is 13.8. The van der Waals surface area contributed by atoms with Crippen molar-refractivity contribution in [2.75, 3.05) is 0 Å². The largest absolute Gasteiger partial charge is 0.507 e. The Morgan fingerprint density at radius 2 is 1.89 bits per heavy atom. The average Bonchev–Trinajstić information content (AvgIpc) is 2.42. The van der Waals surface area contributed by atoms with Crippen molar-refractivity contribution >= 4 is 27.3 Å². The van der Waals surface area contributed by atoms with Crippen LogP contribution in [0, 0.1) is 11.3 Å². The Labute approximate surface area is 120 Å². The number of benzene rings is 2. The summed E-state index contributed by atoms with van der Waals surface area (Å²) in [5.74, 6) is 0.193. The van der Waals surface area contributed by atoms with E-state index < -0.39 is 0 Å². The number of aliphatic imine (C=N–C) groups is 1. The van der Waals surface area contributed by atoms with E-state index in [1.165, 1.54) is 0 Å². The second kappa shape index (κ2) is 5.68. The quantitative estimate of drug-likeness (QED) is 0.846. The van der Waals surface area contributed by atoms with E-state index in [-0.39, 0.29) is 5.75 Å². The highest BCUT2D eigenvalue weighted by Gasteiger charge is 2.05. The van der Waals surface area contributed by atoms with Gasteiger partial charge in [0, 0.05) is 15.7 Å². The standard InChI is InChI=1S/C15H11BrN2O/c1-10(14-8-12(16)4-7-15(14)19)18-13-5-2-11(9-17)3-6-13/h2-8,19H,1H3/b18-10+. The molecule has 19 heavy (non-hydrogen) atoms. The summed E-state index contributed by atoms with van der Waals surface area (Å²) in [6.45, 7) is 1.83. The summed E-state index contributed by atoms with van der Waals surface area (Å²) in [5.41, 5.74) is 2.74. The van der Waals surface area contributed by atoms with Crippen LogP contribution in [0.1, 0.15) is 18.1 Å². The van der Waals surface area contributed by atoms with Gasteiger partial charge in [0.05, 0.1) is 17.3 Å². The van der Waals surface area contributed by atoms with Gasteiger partial charge in [-0.25, -0.2) is 0 Å². The van der Waals surface area contributed by atoms with Gasteiger partial charge in [0.15, 0.2) is 0 Å². The first-order valence-electron chi connectivity index (χ1n) is 5.64. The van der Waals surface area contributed by atoms with E-state index in [0.717, 1.165) is 10.2 Å². The third-order valence-electron chi connectivity index (χ3n) is 2.64. The minimum atomic E-state index is 0.193. The molecule has 3 nitrogen and oxygen atoms in total. The summed E-state index contributed by atoms with van der Waals surface area (Å²) in [6, 6.07) is 14.3. The molecule has 2 rings (SSSR count). The normalized spacial score (nSPS) is 11.1. The zero-order valence-electron chi connectivity index (χ0n) is 10.3. The first kappa shape index (κ1) is 13.3. The van der Waals surface area contributed by atoms with Gasteiger partial charge in [0.25, 0.3) is 0 Å². The summed E-state index contributed by atoms with van der Waals surface area (Å²) in [6.07, 6.45) is 0. The fraction of sp³-hybridized carbons (Fsp3) is 0.0667. The lowest BCUT2D eigenvalue weighted by Crippen LogP contribution is -1.94. The molecular weight excluding hydrogens is 304 g/mol. The lowest BCUT2D eigenvalue weighted by Gasteiger charge is -2.05. The molecule has 0 atom stereocenters. The number of rotatable bonds is 2. The van der Waals surface area contributed by atoms with Gasteiger partial charge in [0.1, 0.15) is 5.75 Å². The van der Waals surface area contributed by atoms with E-state index >= 15 is 0 Å². The third kappa shape index (κ3) is 3.21. The molecule has 4 heteroatoms. The number of aromatic hydroxyl groups is 1. The molecule has 0 amide bonds. The molecule has 2 aromatic rings. The van der Waals surface area contributed by atoms with Gasteiger partial charge in [-0.3, -0.25) is 4.99 Å². The lowest BCUT2D eigenvalue weighted by molar-refractivity contribution is 0.474. The van der Waals surface area contributed by atoms with Crippen LogP contribution in [0.4, 0.5) is 5.69 Å². The third-order valence-corrected chi connectivity index (χ3v) is 3.13. The molecule has 0 aliphatic heterocycles. The van der Waals surface area contributed by atoms with Crippen LogP contribution in [0.5, 0.6) is 5.75 Å². The molecule has 0 heterocycles. The Morgan fingerprint density at radius 1 is 1.21 bits per heavy atom. The molecule has 0 unspecified atom stereocenters. The van der Waals surface area contributed by atoms with Crippen LogP contribution in [0.3, 0.4) is 0 Å². The van der Waals surface area contributed by atoms with Crippen LogP contribution in [-0.2, 0) is 0 Å². The fourth-order valence-electron chi connectivity index (χ4n) is 1.66. The summed E-state index contributed by atoms with van der Waals surface area (Å²) in [4.78, 5) is 4.43. The van der Waals surface area contributed by atoms with E-state index in [4.69, 9.17) is 5.26 Å². The highest BCUT2D eigenvalue weighted by Crippen LogP contribution is 2.24. The number of nitriles is 1. The maximum atomic E-state index is 9.82. The second-order valence-electron chi connectivity index (χ2n) is 4.02. The van der Waals surface area contributed by atoms with Gasteiger partial charge in [0.2, 0.25) is 0 Å². The van der Waals surface area contributed by atoms with E-state index in [0.29, 0.717) is 16.8 Å². The maximum Gasteiger partial charge on any atom is 0.124 e. The van der Waals surface area contributed by atoms with Crippen LogP contribution in [0.25, 0.3) is 0 Å². The molecule has 0 aromatic heterocycles. The number of hydrogen-bond donors (Lipinski definition) is 1. The molecule has 0 spiro atoms. The van der Waals surface area contributed by atoms with Crippen molar-refractivity contribution in [3.63, 3.8) is 0 Å². The SMILES string of the molecule is C/C(=N\c1ccc(C#N)cc1)c1cc(Br)ccc1O. The highest BCUT2D eigenvalue weighted by molar-refractivity contribution is 9.10. The van der Waals surface area contributed by atoms with Crippen molar-refractivity contribution < 1.29 is 5.11 Å². The van der Waals surface area contributed by atoms with Crippen molar-refractivity contribution in [2.45, 2.75) is 6.92 Å². The number of phenolic OH excluding ortho intramolecular Hbond substituents is 1. The molecule has 0 aliphatic rings. The molecule has 0 aliphatic carbocycles. The summed E-state index contributed by atoms with van der Waals surface area (Å²) < 4.78 is 0.884. The van der Waals surface area contributed by atoms with Crippen molar-refractivity contribution in [1.29, 1.82) is 5.26 Å².